The molecule has 6 heteroatoms. The second-order valence-electron chi connectivity index (χ2n) is 5.87. The number of furan rings is 1. The Hall–Kier alpha value is -3.15. The molecule has 4 rings (SSSR count). The predicted octanol–water partition coefficient (Wildman–Crippen LogP) is 4.23. The summed E-state index contributed by atoms with van der Waals surface area (Å²) in [7, 11) is 0. The van der Waals surface area contributed by atoms with Crippen LogP contribution < -0.4 is 5.63 Å². The van der Waals surface area contributed by atoms with Gasteiger partial charge in [-0.15, -0.1) is 0 Å². The van der Waals surface area contributed by atoms with Crippen molar-refractivity contribution in [3.05, 3.63) is 68.0 Å². The third-order valence-electron chi connectivity index (χ3n) is 4.30. The molecule has 3 aromatic rings. The summed E-state index contributed by atoms with van der Waals surface area (Å²) < 4.78 is 11.3. The summed E-state index contributed by atoms with van der Waals surface area (Å²) in [5.74, 6) is 1.90. The van der Waals surface area contributed by atoms with Crippen molar-refractivity contribution in [2.75, 3.05) is 0 Å². The number of non-ortho nitro benzene ring substituents is 1. The fraction of sp³-hybridized carbons (Fsp3) is 0.167. The molecule has 6 nitrogen and oxygen atoms in total. The summed E-state index contributed by atoms with van der Waals surface area (Å²) in [5, 5.41) is 11.8. The lowest BCUT2D eigenvalue weighted by Gasteiger charge is -2.08. The van der Waals surface area contributed by atoms with Gasteiger partial charge in [0.25, 0.3) is 5.69 Å². The highest BCUT2D eigenvalue weighted by molar-refractivity contribution is 5.99. The van der Waals surface area contributed by atoms with E-state index in [4.69, 9.17) is 8.83 Å². The third-order valence-corrected chi connectivity index (χ3v) is 4.30. The molecule has 0 spiro atoms. The average molecular weight is 323 g/mol. The maximum absolute atomic E-state index is 12.3. The number of nitro groups is 1. The SMILES string of the molecule is CC1=CCc2oc(=O)c3cc([N+](=O)[O-])ccc3c2-c2oc(C)cc21. The molecule has 0 N–H and O–H groups in total. The second-order valence-corrected chi connectivity index (χ2v) is 5.87. The van der Waals surface area contributed by atoms with Crippen LogP contribution in [-0.4, -0.2) is 4.92 Å². The van der Waals surface area contributed by atoms with Gasteiger partial charge in [0.2, 0.25) is 0 Å². The van der Waals surface area contributed by atoms with Crippen LogP contribution in [0.15, 0.2) is 44.0 Å². The van der Waals surface area contributed by atoms with Crippen LogP contribution in [0, 0.1) is 17.0 Å². The van der Waals surface area contributed by atoms with E-state index in [1.807, 2.05) is 26.0 Å². The van der Waals surface area contributed by atoms with Crippen molar-refractivity contribution in [2.45, 2.75) is 20.3 Å². The molecular formula is C18H13NO5. The van der Waals surface area contributed by atoms with Gasteiger partial charge in [-0.05, 0) is 31.6 Å². The second kappa shape index (κ2) is 4.92. The molecule has 0 aliphatic heterocycles. The van der Waals surface area contributed by atoms with Gasteiger partial charge in [0, 0.05) is 29.5 Å². The normalized spacial score (nSPS) is 13.2. The van der Waals surface area contributed by atoms with Gasteiger partial charge in [0.05, 0.1) is 15.9 Å². The smallest absolute Gasteiger partial charge is 0.344 e. The summed E-state index contributed by atoms with van der Waals surface area (Å²) in [6, 6.07) is 6.18. The molecule has 1 aromatic carbocycles. The Labute approximate surface area is 136 Å². The zero-order valence-electron chi connectivity index (χ0n) is 13.1. The standard InChI is InChI=1S/C18H13NO5/c1-9-3-6-15-16(17-13(9)7-10(2)23-17)12-5-4-11(19(21)22)8-14(12)18(20)24-15/h3-5,7-8H,6H2,1-2H3. The van der Waals surface area contributed by atoms with E-state index in [0.29, 0.717) is 28.9 Å². The Bertz CT molecular complexity index is 1100. The topological polar surface area (TPSA) is 86.5 Å². The highest BCUT2D eigenvalue weighted by atomic mass is 16.6. The maximum Gasteiger partial charge on any atom is 0.344 e. The predicted molar refractivity (Wildman–Crippen MR) is 88.9 cm³/mol. The minimum atomic E-state index is -0.578. The van der Waals surface area contributed by atoms with Crippen molar-refractivity contribution in [3.63, 3.8) is 0 Å². The first-order chi connectivity index (χ1) is 11.5. The Balaban J connectivity index is 2.14. The molecule has 0 atom stereocenters. The van der Waals surface area contributed by atoms with Crippen molar-refractivity contribution in [2.24, 2.45) is 0 Å². The van der Waals surface area contributed by atoms with Crippen LogP contribution in [0.5, 0.6) is 0 Å². The first-order valence-electron chi connectivity index (χ1n) is 7.48. The lowest BCUT2D eigenvalue weighted by Crippen LogP contribution is -2.05. The van der Waals surface area contributed by atoms with Crippen molar-refractivity contribution in [1.29, 1.82) is 0 Å². The lowest BCUT2D eigenvalue weighted by atomic mass is 10.00. The van der Waals surface area contributed by atoms with Gasteiger partial charge in [-0.3, -0.25) is 10.1 Å². The molecule has 2 heterocycles. The minimum Gasteiger partial charge on any atom is -0.461 e. The van der Waals surface area contributed by atoms with Crippen molar-refractivity contribution in [1.82, 2.24) is 0 Å². The summed E-state index contributed by atoms with van der Waals surface area (Å²) in [6.07, 6.45) is 2.45. The number of hydrogen-bond donors (Lipinski definition) is 0. The highest BCUT2D eigenvalue weighted by Gasteiger charge is 2.25. The Kier molecular flexibility index (Phi) is 2.96. The van der Waals surface area contributed by atoms with E-state index in [2.05, 4.69) is 0 Å². The van der Waals surface area contributed by atoms with Crippen LogP contribution in [0.3, 0.4) is 0 Å². The average Bonchev–Trinajstić information content (AvgIpc) is 2.88. The van der Waals surface area contributed by atoms with Crippen molar-refractivity contribution >= 4 is 22.0 Å². The fourth-order valence-corrected chi connectivity index (χ4v) is 3.14. The van der Waals surface area contributed by atoms with E-state index >= 15 is 0 Å². The maximum atomic E-state index is 12.3. The first kappa shape index (κ1) is 14.4. The van der Waals surface area contributed by atoms with Crippen LogP contribution in [0.4, 0.5) is 5.69 Å². The van der Waals surface area contributed by atoms with E-state index in [1.54, 1.807) is 6.07 Å². The number of nitro benzene ring substituents is 1. The van der Waals surface area contributed by atoms with Crippen molar-refractivity contribution < 1.29 is 13.8 Å². The molecule has 0 fully saturated rings. The quantitative estimate of drug-likeness (QED) is 0.494. The summed E-state index contributed by atoms with van der Waals surface area (Å²) in [4.78, 5) is 22.8. The first-order valence-corrected chi connectivity index (χ1v) is 7.48. The molecule has 1 aliphatic rings. The van der Waals surface area contributed by atoms with E-state index in [9.17, 15) is 14.9 Å². The van der Waals surface area contributed by atoms with Crippen molar-refractivity contribution in [3.8, 4) is 11.3 Å². The molecule has 0 bridgehead atoms. The minimum absolute atomic E-state index is 0.145. The Morgan fingerprint density at radius 1 is 1.12 bits per heavy atom. The lowest BCUT2D eigenvalue weighted by molar-refractivity contribution is -0.384. The molecule has 0 unspecified atom stereocenters. The van der Waals surface area contributed by atoms with Gasteiger partial charge in [0.15, 0.2) is 0 Å². The number of nitrogens with zero attached hydrogens (tertiary/aromatic N) is 1. The van der Waals surface area contributed by atoms with Crippen LogP contribution in [0.25, 0.3) is 27.7 Å². The Morgan fingerprint density at radius 2 is 1.92 bits per heavy atom. The van der Waals surface area contributed by atoms with E-state index in [0.717, 1.165) is 16.9 Å². The molecular weight excluding hydrogens is 310 g/mol. The van der Waals surface area contributed by atoms with Crippen LogP contribution >= 0.6 is 0 Å². The molecule has 0 amide bonds. The molecule has 120 valence electrons. The van der Waals surface area contributed by atoms with E-state index < -0.39 is 10.5 Å². The summed E-state index contributed by atoms with van der Waals surface area (Å²) >= 11 is 0. The van der Waals surface area contributed by atoms with Gasteiger partial charge in [-0.2, -0.15) is 0 Å². The number of allylic oxidation sites excluding steroid dienone is 2. The van der Waals surface area contributed by atoms with Gasteiger partial charge >= 0.3 is 5.63 Å². The van der Waals surface area contributed by atoms with E-state index in [-0.39, 0.29) is 11.1 Å². The number of aryl methyl sites for hydroxylation is 1. The molecule has 1 aliphatic carbocycles. The van der Waals surface area contributed by atoms with Gasteiger partial charge in [0.1, 0.15) is 17.3 Å². The van der Waals surface area contributed by atoms with Crippen LogP contribution in [0.2, 0.25) is 0 Å². The van der Waals surface area contributed by atoms with Gasteiger partial charge < -0.3 is 8.83 Å². The molecule has 0 radical (unpaired) electrons. The zero-order valence-corrected chi connectivity index (χ0v) is 13.1. The third kappa shape index (κ3) is 2.00. The summed E-state index contributed by atoms with van der Waals surface area (Å²) in [5.41, 5.74) is 1.95. The number of fused-ring (bicyclic) bond motifs is 5. The van der Waals surface area contributed by atoms with E-state index in [1.165, 1.54) is 12.1 Å². The van der Waals surface area contributed by atoms with Gasteiger partial charge in [-0.25, -0.2) is 4.79 Å². The largest absolute Gasteiger partial charge is 0.461 e. The monoisotopic (exact) mass is 323 g/mol. The summed E-state index contributed by atoms with van der Waals surface area (Å²) in [6.45, 7) is 3.83. The fourth-order valence-electron chi connectivity index (χ4n) is 3.14. The molecule has 2 aromatic heterocycles. The molecule has 24 heavy (non-hydrogen) atoms. The van der Waals surface area contributed by atoms with Gasteiger partial charge in [-0.1, -0.05) is 6.08 Å². The molecule has 0 saturated carbocycles. The number of hydrogen-bond acceptors (Lipinski definition) is 5. The Morgan fingerprint density at radius 3 is 2.67 bits per heavy atom. The highest BCUT2D eigenvalue weighted by Crippen LogP contribution is 2.40. The molecule has 0 saturated heterocycles. The number of benzene rings is 1. The van der Waals surface area contributed by atoms with Crippen LogP contribution in [0.1, 0.15) is 24.0 Å². The number of rotatable bonds is 1. The van der Waals surface area contributed by atoms with Crippen LogP contribution in [-0.2, 0) is 6.42 Å². The zero-order chi connectivity index (χ0) is 17.0.